The molecule has 8 heteroatoms. The molecule has 3 rings (SSSR count). The number of para-hydroxylation sites is 2. The van der Waals surface area contributed by atoms with Crippen molar-refractivity contribution in [3.63, 3.8) is 0 Å². The Bertz CT molecular complexity index is 747. The molecule has 2 aliphatic heterocycles. The zero-order chi connectivity index (χ0) is 19.3. The number of hydrogen-bond donors (Lipinski definition) is 2. The predicted molar refractivity (Wildman–Crippen MR) is 109 cm³/mol. The van der Waals surface area contributed by atoms with Crippen molar-refractivity contribution in [3.8, 4) is 0 Å². The van der Waals surface area contributed by atoms with Gasteiger partial charge in [0, 0.05) is 32.2 Å². The number of hydrogen-bond acceptors (Lipinski definition) is 4. The molecule has 0 unspecified atom stereocenters. The van der Waals surface area contributed by atoms with Gasteiger partial charge in [-0.2, -0.15) is 0 Å². The third-order valence-electron chi connectivity index (χ3n) is 5.32. The summed E-state index contributed by atoms with van der Waals surface area (Å²) in [6, 6.07) is 7.93. The lowest BCUT2D eigenvalue weighted by Gasteiger charge is -2.36. The van der Waals surface area contributed by atoms with Gasteiger partial charge in [0.15, 0.2) is 0 Å². The first-order valence-electron chi connectivity index (χ1n) is 9.80. The predicted octanol–water partition coefficient (Wildman–Crippen LogP) is 2.61. The van der Waals surface area contributed by atoms with Gasteiger partial charge in [0.2, 0.25) is 10.0 Å². The number of sulfonamides is 1. The number of amides is 2. The van der Waals surface area contributed by atoms with Gasteiger partial charge in [-0.15, -0.1) is 0 Å². The second-order valence-corrected chi connectivity index (χ2v) is 9.27. The lowest BCUT2D eigenvalue weighted by Crippen LogP contribution is -2.47. The molecule has 150 valence electrons. The fraction of sp³-hybridized carbons (Fsp3) is 0.632. The summed E-state index contributed by atoms with van der Waals surface area (Å²) in [6.07, 6.45) is 7.12. The molecule has 0 aliphatic carbocycles. The van der Waals surface area contributed by atoms with Crippen LogP contribution in [0, 0.1) is 0 Å². The maximum Gasteiger partial charge on any atom is 0.322 e. The van der Waals surface area contributed by atoms with Crippen molar-refractivity contribution < 1.29 is 13.2 Å². The van der Waals surface area contributed by atoms with Crippen molar-refractivity contribution in [2.75, 3.05) is 42.7 Å². The van der Waals surface area contributed by atoms with Crippen molar-refractivity contribution in [3.05, 3.63) is 24.3 Å². The van der Waals surface area contributed by atoms with Crippen LogP contribution < -0.4 is 14.9 Å². The summed E-state index contributed by atoms with van der Waals surface area (Å²) in [5.74, 6) is 0. The van der Waals surface area contributed by atoms with Gasteiger partial charge < -0.3 is 15.1 Å². The van der Waals surface area contributed by atoms with Crippen LogP contribution in [0.5, 0.6) is 0 Å². The largest absolute Gasteiger partial charge is 0.370 e. The quantitative estimate of drug-likeness (QED) is 0.777. The standard InChI is InChI=1S/C19H30N4O3S/c1-27(25,26)20-12-11-16-8-4-5-15-23(16)19(24)21-17-9-2-3-10-18(17)22-13-6-7-14-22/h2-3,9-10,16,20H,4-8,11-15H2,1H3,(H,21,24)/t16-/m1/s1. The molecule has 2 saturated heterocycles. The zero-order valence-corrected chi connectivity index (χ0v) is 16.8. The van der Waals surface area contributed by atoms with Gasteiger partial charge >= 0.3 is 6.03 Å². The van der Waals surface area contributed by atoms with Crippen LogP contribution >= 0.6 is 0 Å². The summed E-state index contributed by atoms with van der Waals surface area (Å²) in [5.41, 5.74) is 1.93. The summed E-state index contributed by atoms with van der Waals surface area (Å²) in [6.45, 7) is 3.12. The third kappa shape index (κ3) is 5.59. The SMILES string of the molecule is CS(=O)(=O)NCC[C@H]1CCCCN1C(=O)Nc1ccccc1N1CCCC1. The Morgan fingerprint density at radius 2 is 1.81 bits per heavy atom. The maximum absolute atomic E-state index is 13.0. The molecular formula is C19H30N4O3S. The van der Waals surface area contributed by atoms with Crippen LogP contribution in [-0.2, 0) is 10.0 Å². The number of urea groups is 1. The number of carbonyl (C=O) groups is 1. The highest BCUT2D eigenvalue weighted by atomic mass is 32.2. The Hall–Kier alpha value is -1.80. The van der Waals surface area contributed by atoms with Crippen molar-refractivity contribution in [1.82, 2.24) is 9.62 Å². The molecule has 7 nitrogen and oxygen atoms in total. The van der Waals surface area contributed by atoms with Gasteiger partial charge in [-0.05, 0) is 50.7 Å². The molecule has 2 aliphatic rings. The van der Waals surface area contributed by atoms with E-state index in [4.69, 9.17) is 0 Å². The Labute approximate surface area is 162 Å². The van der Waals surface area contributed by atoms with E-state index in [0.29, 0.717) is 19.5 Å². The topological polar surface area (TPSA) is 81.8 Å². The highest BCUT2D eigenvalue weighted by Crippen LogP contribution is 2.29. The molecule has 2 amide bonds. The van der Waals surface area contributed by atoms with E-state index in [-0.39, 0.29) is 12.1 Å². The van der Waals surface area contributed by atoms with Gasteiger partial charge in [-0.3, -0.25) is 0 Å². The lowest BCUT2D eigenvalue weighted by molar-refractivity contribution is 0.159. The van der Waals surface area contributed by atoms with Crippen molar-refractivity contribution in [1.29, 1.82) is 0 Å². The number of carbonyl (C=O) groups excluding carboxylic acids is 1. The van der Waals surface area contributed by atoms with Crippen molar-refractivity contribution >= 4 is 27.4 Å². The number of nitrogens with zero attached hydrogens (tertiary/aromatic N) is 2. The molecule has 1 aromatic rings. The summed E-state index contributed by atoms with van der Waals surface area (Å²) < 4.78 is 25.1. The van der Waals surface area contributed by atoms with E-state index >= 15 is 0 Å². The average Bonchev–Trinajstić information content (AvgIpc) is 3.16. The molecule has 0 radical (unpaired) electrons. The van der Waals surface area contributed by atoms with Crippen molar-refractivity contribution in [2.24, 2.45) is 0 Å². The summed E-state index contributed by atoms with van der Waals surface area (Å²) >= 11 is 0. The Morgan fingerprint density at radius 1 is 1.11 bits per heavy atom. The van der Waals surface area contributed by atoms with Crippen LogP contribution in [0.1, 0.15) is 38.5 Å². The molecule has 0 saturated carbocycles. The average molecular weight is 395 g/mol. The molecule has 2 heterocycles. The molecule has 27 heavy (non-hydrogen) atoms. The van der Waals surface area contributed by atoms with Gasteiger partial charge in [-0.25, -0.2) is 17.9 Å². The van der Waals surface area contributed by atoms with Crippen LogP contribution in [0.4, 0.5) is 16.2 Å². The van der Waals surface area contributed by atoms with E-state index in [1.807, 2.05) is 23.1 Å². The number of nitrogens with one attached hydrogen (secondary N) is 2. The first-order chi connectivity index (χ1) is 12.9. The Balaban J connectivity index is 1.65. The van der Waals surface area contributed by atoms with Gasteiger partial charge in [0.25, 0.3) is 0 Å². The molecule has 1 aromatic carbocycles. The number of benzene rings is 1. The van der Waals surface area contributed by atoms with Gasteiger partial charge in [0.05, 0.1) is 17.6 Å². The molecule has 2 N–H and O–H groups in total. The minimum atomic E-state index is -3.20. The number of anilines is 2. The van der Waals surface area contributed by atoms with Gasteiger partial charge in [-0.1, -0.05) is 12.1 Å². The highest BCUT2D eigenvalue weighted by molar-refractivity contribution is 7.88. The van der Waals surface area contributed by atoms with E-state index in [1.165, 1.54) is 12.8 Å². The van der Waals surface area contributed by atoms with Crippen LogP contribution in [0.25, 0.3) is 0 Å². The van der Waals surface area contributed by atoms with Crippen molar-refractivity contribution in [2.45, 2.75) is 44.6 Å². The van der Waals surface area contributed by atoms with E-state index in [1.54, 1.807) is 0 Å². The molecule has 0 spiro atoms. The van der Waals surface area contributed by atoms with E-state index in [0.717, 1.165) is 50.0 Å². The van der Waals surface area contributed by atoms with Gasteiger partial charge in [0.1, 0.15) is 0 Å². The second kappa shape index (κ2) is 8.93. The molecule has 2 fully saturated rings. The van der Waals surface area contributed by atoms with Crippen LogP contribution in [0.2, 0.25) is 0 Å². The number of piperidine rings is 1. The Kier molecular flexibility index (Phi) is 6.59. The maximum atomic E-state index is 13.0. The normalized spacial score (nSPS) is 20.7. The van der Waals surface area contributed by atoms with Crippen LogP contribution in [0.3, 0.4) is 0 Å². The van der Waals surface area contributed by atoms with Crippen LogP contribution in [-0.4, -0.2) is 57.8 Å². The Morgan fingerprint density at radius 3 is 2.56 bits per heavy atom. The highest BCUT2D eigenvalue weighted by Gasteiger charge is 2.27. The van der Waals surface area contributed by atoms with E-state index in [2.05, 4.69) is 21.0 Å². The minimum absolute atomic E-state index is 0.0620. The monoisotopic (exact) mass is 394 g/mol. The molecule has 1 atom stereocenters. The zero-order valence-electron chi connectivity index (χ0n) is 16.0. The number of likely N-dealkylation sites (tertiary alicyclic amines) is 1. The first kappa shape index (κ1) is 19.9. The summed E-state index contributed by atoms with van der Waals surface area (Å²) in [4.78, 5) is 17.2. The van der Waals surface area contributed by atoms with E-state index < -0.39 is 10.0 Å². The smallest absolute Gasteiger partial charge is 0.322 e. The van der Waals surface area contributed by atoms with E-state index in [9.17, 15) is 13.2 Å². The molecule has 0 bridgehead atoms. The second-order valence-electron chi connectivity index (χ2n) is 7.44. The minimum Gasteiger partial charge on any atom is -0.370 e. The molecular weight excluding hydrogens is 364 g/mol. The van der Waals surface area contributed by atoms with Crippen LogP contribution in [0.15, 0.2) is 24.3 Å². The first-order valence-corrected chi connectivity index (χ1v) is 11.7. The molecule has 0 aromatic heterocycles. The number of rotatable bonds is 6. The summed E-state index contributed by atoms with van der Waals surface area (Å²) in [5, 5.41) is 3.10. The third-order valence-corrected chi connectivity index (χ3v) is 6.05. The fourth-order valence-electron chi connectivity index (χ4n) is 3.98. The lowest BCUT2D eigenvalue weighted by atomic mass is 10.00. The fourth-order valence-corrected chi connectivity index (χ4v) is 4.47. The summed E-state index contributed by atoms with van der Waals surface area (Å²) in [7, 11) is -3.20.